The molecule has 0 atom stereocenters. The number of rotatable bonds is 7. The van der Waals surface area contributed by atoms with Gasteiger partial charge in [-0.1, -0.05) is 41.6 Å². The van der Waals surface area contributed by atoms with E-state index in [2.05, 4.69) is 15.5 Å². The molecule has 3 aromatic rings. The second kappa shape index (κ2) is 8.73. The molecule has 2 aromatic carbocycles. The first-order valence-electron chi connectivity index (χ1n) is 8.57. The highest BCUT2D eigenvalue weighted by atomic mass is 32.2. The zero-order valence-corrected chi connectivity index (χ0v) is 16.4. The van der Waals surface area contributed by atoms with E-state index in [1.54, 1.807) is 0 Å². The molecule has 6 nitrogen and oxygen atoms in total. The molecule has 3 rings (SSSR count). The minimum absolute atomic E-state index is 0.0769. The third-order valence-corrected chi connectivity index (χ3v) is 4.76. The molecule has 0 aliphatic rings. The Bertz CT molecular complexity index is 906. The van der Waals surface area contributed by atoms with Gasteiger partial charge in [0.2, 0.25) is 11.8 Å². The van der Waals surface area contributed by atoms with Crippen LogP contribution in [0.2, 0.25) is 0 Å². The molecule has 0 saturated heterocycles. The van der Waals surface area contributed by atoms with E-state index in [0.717, 1.165) is 22.4 Å². The van der Waals surface area contributed by atoms with Crippen LogP contribution in [-0.4, -0.2) is 36.0 Å². The number of nitrogens with zero attached hydrogens (tertiary/aromatic N) is 3. The molecule has 1 amide bonds. The zero-order chi connectivity index (χ0) is 19.2. The number of nitrogens with one attached hydrogen (secondary N) is 1. The zero-order valence-electron chi connectivity index (χ0n) is 15.6. The van der Waals surface area contributed by atoms with Crippen molar-refractivity contribution in [2.24, 2.45) is 0 Å². The number of benzene rings is 2. The van der Waals surface area contributed by atoms with Gasteiger partial charge >= 0.3 is 0 Å². The van der Waals surface area contributed by atoms with Crippen LogP contribution < -0.4 is 10.2 Å². The number of hydrogen-bond donors (Lipinski definition) is 1. The van der Waals surface area contributed by atoms with E-state index >= 15 is 0 Å². The quantitative estimate of drug-likeness (QED) is 0.631. The fourth-order valence-electron chi connectivity index (χ4n) is 2.45. The molecule has 0 unspecified atom stereocenters. The maximum atomic E-state index is 12.1. The van der Waals surface area contributed by atoms with E-state index in [1.807, 2.05) is 74.4 Å². The predicted molar refractivity (Wildman–Crippen MR) is 108 cm³/mol. The molecule has 0 aliphatic carbocycles. The lowest BCUT2D eigenvalue weighted by Crippen LogP contribution is -2.24. The second-order valence-electron chi connectivity index (χ2n) is 6.37. The molecule has 0 fully saturated rings. The summed E-state index contributed by atoms with van der Waals surface area (Å²) < 4.78 is 5.63. The molecule has 0 spiro atoms. The summed E-state index contributed by atoms with van der Waals surface area (Å²) in [5, 5.41) is 11.3. The minimum Gasteiger partial charge on any atom is -0.411 e. The van der Waals surface area contributed by atoms with Crippen molar-refractivity contribution < 1.29 is 9.21 Å². The van der Waals surface area contributed by atoms with E-state index in [9.17, 15) is 4.79 Å². The summed E-state index contributed by atoms with van der Waals surface area (Å²) in [6, 6.07) is 15.9. The molecule has 140 valence electrons. The largest absolute Gasteiger partial charge is 0.411 e. The molecule has 1 heterocycles. The highest BCUT2D eigenvalue weighted by Gasteiger charge is 2.11. The van der Waals surface area contributed by atoms with Crippen LogP contribution in [0.5, 0.6) is 0 Å². The minimum atomic E-state index is -0.0769. The number of carbonyl (C=O) groups excluding carboxylic acids is 1. The van der Waals surface area contributed by atoms with Crippen molar-refractivity contribution in [2.45, 2.75) is 18.7 Å². The Labute approximate surface area is 163 Å². The number of thioether (sulfide) groups is 1. The molecule has 0 saturated carbocycles. The molecule has 0 bridgehead atoms. The summed E-state index contributed by atoms with van der Waals surface area (Å²) in [7, 11) is 3.99. The van der Waals surface area contributed by atoms with Gasteiger partial charge in [0.15, 0.2) is 0 Å². The van der Waals surface area contributed by atoms with Gasteiger partial charge in [-0.25, -0.2) is 0 Å². The van der Waals surface area contributed by atoms with Crippen LogP contribution in [0.25, 0.3) is 11.5 Å². The highest BCUT2D eigenvalue weighted by Crippen LogP contribution is 2.23. The Kier molecular flexibility index (Phi) is 6.13. The van der Waals surface area contributed by atoms with Crippen molar-refractivity contribution in [3.05, 3.63) is 59.7 Å². The van der Waals surface area contributed by atoms with E-state index in [-0.39, 0.29) is 11.7 Å². The van der Waals surface area contributed by atoms with Crippen molar-refractivity contribution in [3.63, 3.8) is 0 Å². The van der Waals surface area contributed by atoms with E-state index in [4.69, 9.17) is 4.42 Å². The first-order chi connectivity index (χ1) is 13.0. The Hall–Kier alpha value is -2.80. The number of aryl methyl sites for hydroxylation is 1. The van der Waals surface area contributed by atoms with E-state index < -0.39 is 0 Å². The van der Waals surface area contributed by atoms with Gasteiger partial charge in [-0.15, -0.1) is 10.2 Å². The first-order valence-corrected chi connectivity index (χ1v) is 9.56. The summed E-state index contributed by atoms with van der Waals surface area (Å²) in [6.45, 7) is 2.50. The maximum Gasteiger partial charge on any atom is 0.277 e. The summed E-state index contributed by atoms with van der Waals surface area (Å²) >= 11 is 1.23. The lowest BCUT2D eigenvalue weighted by atomic mass is 10.1. The Morgan fingerprint density at radius 1 is 1.15 bits per heavy atom. The van der Waals surface area contributed by atoms with Crippen LogP contribution in [-0.2, 0) is 11.3 Å². The van der Waals surface area contributed by atoms with Gasteiger partial charge in [0, 0.05) is 31.9 Å². The summed E-state index contributed by atoms with van der Waals surface area (Å²) in [5.41, 5.74) is 4.18. The lowest BCUT2D eigenvalue weighted by molar-refractivity contribution is -0.118. The van der Waals surface area contributed by atoms with Crippen LogP contribution in [0, 0.1) is 6.92 Å². The average Bonchev–Trinajstić information content (AvgIpc) is 3.14. The van der Waals surface area contributed by atoms with Gasteiger partial charge in [-0.3, -0.25) is 4.79 Å². The Balaban J connectivity index is 1.48. The lowest BCUT2D eigenvalue weighted by Gasteiger charge is -2.12. The molecule has 0 aliphatic heterocycles. The molecule has 1 aromatic heterocycles. The van der Waals surface area contributed by atoms with Gasteiger partial charge in [-0.2, -0.15) is 0 Å². The van der Waals surface area contributed by atoms with Crippen LogP contribution in [0.1, 0.15) is 11.1 Å². The number of aromatic nitrogens is 2. The maximum absolute atomic E-state index is 12.1. The van der Waals surface area contributed by atoms with Gasteiger partial charge in [0.05, 0.1) is 5.75 Å². The predicted octanol–water partition coefficient (Wildman–Crippen LogP) is 3.52. The number of amides is 1. The van der Waals surface area contributed by atoms with E-state index in [0.29, 0.717) is 17.7 Å². The number of hydrogen-bond acceptors (Lipinski definition) is 6. The molecular weight excluding hydrogens is 360 g/mol. The smallest absolute Gasteiger partial charge is 0.277 e. The summed E-state index contributed by atoms with van der Waals surface area (Å²) in [5.74, 6) is 0.611. The number of carbonyl (C=O) groups is 1. The normalized spacial score (nSPS) is 10.6. The fourth-order valence-corrected chi connectivity index (χ4v) is 3.05. The molecule has 1 N–H and O–H groups in total. The summed E-state index contributed by atoms with van der Waals surface area (Å²) in [4.78, 5) is 14.1. The van der Waals surface area contributed by atoms with Gasteiger partial charge in [-0.05, 0) is 36.8 Å². The van der Waals surface area contributed by atoms with Crippen LogP contribution >= 0.6 is 11.8 Å². The van der Waals surface area contributed by atoms with Crippen LogP contribution in [0.15, 0.2) is 58.2 Å². The van der Waals surface area contributed by atoms with Crippen LogP contribution in [0.3, 0.4) is 0 Å². The molecule has 7 heteroatoms. The standard InChI is InChI=1S/C20H22N4O2S/c1-14-5-4-6-16(11-14)19-22-23-20(26-19)27-13-18(25)21-12-15-7-9-17(10-8-15)24(2)3/h4-11H,12-13H2,1-3H3,(H,21,25). The first kappa shape index (κ1) is 19.0. The van der Waals surface area contributed by atoms with Gasteiger partial charge < -0.3 is 14.6 Å². The highest BCUT2D eigenvalue weighted by molar-refractivity contribution is 7.99. The van der Waals surface area contributed by atoms with Crippen molar-refractivity contribution in [3.8, 4) is 11.5 Å². The molecular formula is C20H22N4O2S. The third kappa shape index (κ3) is 5.34. The average molecular weight is 382 g/mol. The third-order valence-electron chi connectivity index (χ3n) is 3.94. The van der Waals surface area contributed by atoms with Gasteiger partial charge in [0.1, 0.15) is 0 Å². The summed E-state index contributed by atoms with van der Waals surface area (Å²) in [6.07, 6.45) is 0. The number of anilines is 1. The fraction of sp³-hybridized carbons (Fsp3) is 0.250. The molecule has 0 radical (unpaired) electrons. The molecule has 27 heavy (non-hydrogen) atoms. The van der Waals surface area contributed by atoms with Crippen molar-refractivity contribution in [1.82, 2.24) is 15.5 Å². The van der Waals surface area contributed by atoms with Crippen molar-refractivity contribution in [1.29, 1.82) is 0 Å². The van der Waals surface area contributed by atoms with Crippen molar-refractivity contribution >= 4 is 23.4 Å². The van der Waals surface area contributed by atoms with Crippen molar-refractivity contribution in [2.75, 3.05) is 24.7 Å². The topological polar surface area (TPSA) is 71.3 Å². The van der Waals surface area contributed by atoms with E-state index in [1.165, 1.54) is 11.8 Å². The van der Waals surface area contributed by atoms with Gasteiger partial charge in [0.25, 0.3) is 5.22 Å². The monoisotopic (exact) mass is 382 g/mol. The Morgan fingerprint density at radius 2 is 1.93 bits per heavy atom. The van der Waals surface area contributed by atoms with Crippen LogP contribution in [0.4, 0.5) is 5.69 Å². The SMILES string of the molecule is Cc1cccc(-c2nnc(SCC(=O)NCc3ccc(N(C)C)cc3)o2)c1. The second-order valence-corrected chi connectivity index (χ2v) is 7.30. The Morgan fingerprint density at radius 3 is 2.63 bits per heavy atom.